The van der Waals surface area contributed by atoms with Gasteiger partial charge in [-0.25, -0.2) is 0 Å². The third-order valence-electron chi connectivity index (χ3n) is 2.20. The lowest BCUT2D eigenvalue weighted by Gasteiger charge is -2.17. The Labute approximate surface area is 74.8 Å². The minimum absolute atomic E-state index is 0.164. The SMILES string of the molecule is CC(C)C(C)CNC[C@H](O)CO. The van der Waals surface area contributed by atoms with Crippen LogP contribution in [0.15, 0.2) is 0 Å². The summed E-state index contributed by atoms with van der Waals surface area (Å²) in [5.41, 5.74) is 0. The number of hydrogen-bond donors (Lipinski definition) is 3. The van der Waals surface area contributed by atoms with Crippen LogP contribution in [0, 0.1) is 11.8 Å². The monoisotopic (exact) mass is 175 g/mol. The molecule has 74 valence electrons. The smallest absolute Gasteiger partial charge is 0.0894 e. The Bertz CT molecular complexity index is 107. The summed E-state index contributed by atoms with van der Waals surface area (Å²) in [6.07, 6.45) is -0.621. The summed E-state index contributed by atoms with van der Waals surface area (Å²) in [6, 6.07) is 0. The molecule has 0 radical (unpaired) electrons. The quantitative estimate of drug-likeness (QED) is 0.541. The second-order valence-corrected chi connectivity index (χ2v) is 3.72. The van der Waals surface area contributed by atoms with Crippen LogP contribution in [-0.4, -0.2) is 36.0 Å². The van der Waals surface area contributed by atoms with E-state index in [1.165, 1.54) is 0 Å². The van der Waals surface area contributed by atoms with Crippen molar-refractivity contribution in [3.05, 3.63) is 0 Å². The van der Waals surface area contributed by atoms with Crippen molar-refractivity contribution in [2.75, 3.05) is 19.7 Å². The van der Waals surface area contributed by atoms with E-state index in [4.69, 9.17) is 10.2 Å². The molecule has 0 aliphatic heterocycles. The predicted molar refractivity (Wildman–Crippen MR) is 50.0 cm³/mol. The predicted octanol–water partition coefficient (Wildman–Crippen LogP) is 0.221. The molecule has 3 N–H and O–H groups in total. The number of aliphatic hydroxyl groups excluding tert-OH is 2. The maximum absolute atomic E-state index is 9.00. The van der Waals surface area contributed by atoms with Gasteiger partial charge in [-0.1, -0.05) is 20.8 Å². The second-order valence-electron chi connectivity index (χ2n) is 3.72. The lowest BCUT2D eigenvalue weighted by molar-refractivity contribution is 0.0932. The average molecular weight is 175 g/mol. The van der Waals surface area contributed by atoms with Gasteiger partial charge >= 0.3 is 0 Å². The molecule has 1 unspecified atom stereocenters. The number of aliphatic hydroxyl groups is 2. The normalized spacial score (nSPS) is 16.5. The van der Waals surface area contributed by atoms with E-state index in [1.54, 1.807) is 0 Å². The Morgan fingerprint density at radius 2 is 1.75 bits per heavy atom. The van der Waals surface area contributed by atoms with Gasteiger partial charge in [-0.05, 0) is 18.4 Å². The zero-order valence-corrected chi connectivity index (χ0v) is 8.25. The summed E-state index contributed by atoms with van der Waals surface area (Å²) >= 11 is 0. The standard InChI is InChI=1S/C9H21NO2/c1-7(2)8(3)4-10-5-9(12)6-11/h7-12H,4-6H2,1-3H3/t8?,9-/m0/s1. The van der Waals surface area contributed by atoms with E-state index in [1.807, 2.05) is 0 Å². The van der Waals surface area contributed by atoms with E-state index in [0.717, 1.165) is 6.54 Å². The maximum Gasteiger partial charge on any atom is 0.0894 e. The summed E-state index contributed by atoms with van der Waals surface area (Å²) < 4.78 is 0. The lowest BCUT2D eigenvalue weighted by Crippen LogP contribution is -2.33. The van der Waals surface area contributed by atoms with Crippen LogP contribution in [0.2, 0.25) is 0 Å². The van der Waals surface area contributed by atoms with Crippen LogP contribution in [0.1, 0.15) is 20.8 Å². The minimum atomic E-state index is -0.621. The van der Waals surface area contributed by atoms with Crippen molar-refractivity contribution in [3.8, 4) is 0 Å². The molecular formula is C9H21NO2. The molecular weight excluding hydrogens is 154 g/mol. The van der Waals surface area contributed by atoms with E-state index >= 15 is 0 Å². The molecule has 0 spiro atoms. The number of hydrogen-bond acceptors (Lipinski definition) is 3. The van der Waals surface area contributed by atoms with Gasteiger partial charge < -0.3 is 15.5 Å². The lowest BCUT2D eigenvalue weighted by atomic mass is 9.98. The van der Waals surface area contributed by atoms with Crippen molar-refractivity contribution in [2.45, 2.75) is 26.9 Å². The highest BCUT2D eigenvalue weighted by atomic mass is 16.3. The molecule has 0 rings (SSSR count). The Hall–Kier alpha value is -0.120. The first kappa shape index (κ1) is 11.9. The van der Waals surface area contributed by atoms with E-state index < -0.39 is 6.10 Å². The molecule has 0 heterocycles. The largest absolute Gasteiger partial charge is 0.394 e. The van der Waals surface area contributed by atoms with Crippen molar-refractivity contribution in [3.63, 3.8) is 0 Å². The van der Waals surface area contributed by atoms with Crippen LogP contribution in [0.25, 0.3) is 0 Å². The van der Waals surface area contributed by atoms with Gasteiger partial charge in [0.2, 0.25) is 0 Å². The van der Waals surface area contributed by atoms with Crippen LogP contribution in [0.5, 0.6) is 0 Å². The third-order valence-corrected chi connectivity index (χ3v) is 2.20. The van der Waals surface area contributed by atoms with Gasteiger partial charge in [0.25, 0.3) is 0 Å². The zero-order chi connectivity index (χ0) is 9.56. The summed E-state index contributed by atoms with van der Waals surface area (Å²) in [5, 5.41) is 20.6. The number of nitrogens with one attached hydrogen (secondary N) is 1. The molecule has 0 aliphatic carbocycles. The first-order chi connectivity index (χ1) is 5.57. The molecule has 0 aromatic heterocycles. The summed E-state index contributed by atoms with van der Waals surface area (Å²) in [7, 11) is 0. The van der Waals surface area contributed by atoms with Crippen molar-refractivity contribution < 1.29 is 10.2 Å². The van der Waals surface area contributed by atoms with Gasteiger partial charge in [-0.3, -0.25) is 0 Å². The fourth-order valence-electron chi connectivity index (χ4n) is 0.778. The maximum atomic E-state index is 9.00. The summed E-state index contributed by atoms with van der Waals surface area (Å²) in [6.45, 7) is 7.73. The first-order valence-electron chi connectivity index (χ1n) is 4.57. The fraction of sp³-hybridized carbons (Fsp3) is 1.00. The van der Waals surface area contributed by atoms with Crippen LogP contribution in [0.3, 0.4) is 0 Å². The molecule has 0 bridgehead atoms. The van der Waals surface area contributed by atoms with Gasteiger partial charge in [0, 0.05) is 6.54 Å². The van der Waals surface area contributed by atoms with Gasteiger partial charge in [0.1, 0.15) is 0 Å². The molecule has 12 heavy (non-hydrogen) atoms. The zero-order valence-electron chi connectivity index (χ0n) is 8.25. The van der Waals surface area contributed by atoms with E-state index in [0.29, 0.717) is 18.4 Å². The third kappa shape index (κ3) is 5.52. The highest BCUT2D eigenvalue weighted by Gasteiger charge is 2.07. The van der Waals surface area contributed by atoms with Crippen LogP contribution >= 0.6 is 0 Å². The van der Waals surface area contributed by atoms with Gasteiger partial charge in [-0.2, -0.15) is 0 Å². The first-order valence-corrected chi connectivity index (χ1v) is 4.57. The number of rotatable bonds is 6. The molecule has 3 heteroatoms. The average Bonchev–Trinajstić information content (AvgIpc) is 2.03. The summed E-state index contributed by atoms with van der Waals surface area (Å²) in [5.74, 6) is 1.26. The van der Waals surface area contributed by atoms with E-state index in [9.17, 15) is 0 Å². The molecule has 0 aromatic rings. The van der Waals surface area contributed by atoms with Crippen molar-refractivity contribution in [1.82, 2.24) is 5.32 Å². The minimum Gasteiger partial charge on any atom is -0.394 e. The van der Waals surface area contributed by atoms with Crippen molar-refractivity contribution >= 4 is 0 Å². The summed E-state index contributed by atoms with van der Waals surface area (Å²) in [4.78, 5) is 0. The highest BCUT2D eigenvalue weighted by molar-refractivity contribution is 4.63. The Balaban J connectivity index is 3.30. The van der Waals surface area contributed by atoms with Crippen LogP contribution < -0.4 is 5.32 Å². The molecule has 0 fully saturated rings. The Kier molecular flexibility index (Phi) is 6.34. The van der Waals surface area contributed by atoms with E-state index in [2.05, 4.69) is 26.1 Å². The molecule has 0 saturated carbocycles. The Morgan fingerprint density at radius 1 is 1.17 bits per heavy atom. The second kappa shape index (κ2) is 6.40. The van der Waals surface area contributed by atoms with Gasteiger partial charge in [-0.15, -0.1) is 0 Å². The van der Waals surface area contributed by atoms with Crippen LogP contribution in [-0.2, 0) is 0 Å². The highest BCUT2D eigenvalue weighted by Crippen LogP contribution is 2.07. The molecule has 3 nitrogen and oxygen atoms in total. The molecule has 0 amide bonds. The van der Waals surface area contributed by atoms with Crippen molar-refractivity contribution in [2.24, 2.45) is 11.8 Å². The van der Waals surface area contributed by atoms with Crippen LogP contribution in [0.4, 0.5) is 0 Å². The van der Waals surface area contributed by atoms with Gasteiger partial charge in [0.05, 0.1) is 12.7 Å². The molecule has 0 aromatic carbocycles. The van der Waals surface area contributed by atoms with E-state index in [-0.39, 0.29) is 6.61 Å². The van der Waals surface area contributed by atoms with Gasteiger partial charge in [0.15, 0.2) is 0 Å². The molecule has 0 saturated heterocycles. The fourth-order valence-corrected chi connectivity index (χ4v) is 0.778. The topological polar surface area (TPSA) is 52.5 Å². The molecule has 2 atom stereocenters. The Morgan fingerprint density at radius 3 is 2.17 bits per heavy atom. The molecule has 0 aliphatic rings. The van der Waals surface area contributed by atoms with Crippen molar-refractivity contribution in [1.29, 1.82) is 0 Å².